The number of hydrogen-bond acceptors (Lipinski definition) is 4. The van der Waals surface area contributed by atoms with Crippen molar-refractivity contribution in [3.8, 4) is 5.82 Å². The zero-order chi connectivity index (χ0) is 12.5. The van der Waals surface area contributed by atoms with E-state index in [-0.39, 0.29) is 0 Å². The molecule has 3 aromatic rings. The fourth-order valence-corrected chi connectivity index (χ4v) is 1.89. The van der Waals surface area contributed by atoms with Crippen LogP contribution < -0.4 is 0 Å². The molecule has 0 aliphatic carbocycles. The fourth-order valence-electron chi connectivity index (χ4n) is 1.89. The first kappa shape index (κ1) is 10.6. The summed E-state index contributed by atoms with van der Waals surface area (Å²) in [5.74, 6) is 0.499. The van der Waals surface area contributed by atoms with Gasteiger partial charge >= 0.3 is 0 Å². The summed E-state index contributed by atoms with van der Waals surface area (Å²) >= 11 is 0. The standard InChI is InChI=1S/C13H10N4O/c1-9-2-3-12-10(4-9)5-11(6-18)13(16-12)17-8-14-7-15-17/h2-8H,1H3. The Bertz CT molecular complexity index is 719. The summed E-state index contributed by atoms with van der Waals surface area (Å²) in [6.45, 7) is 2.01. The van der Waals surface area contributed by atoms with E-state index in [1.165, 1.54) is 17.3 Å². The molecular formula is C13H10N4O. The van der Waals surface area contributed by atoms with E-state index in [1.807, 2.05) is 31.2 Å². The molecule has 18 heavy (non-hydrogen) atoms. The first-order chi connectivity index (χ1) is 8.78. The molecule has 0 radical (unpaired) electrons. The van der Waals surface area contributed by atoms with Crippen molar-refractivity contribution in [2.45, 2.75) is 6.92 Å². The molecule has 0 fully saturated rings. The molecule has 0 aliphatic rings. The van der Waals surface area contributed by atoms with E-state index in [9.17, 15) is 4.79 Å². The minimum atomic E-state index is 0.499. The Morgan fingerprint density at radius 2 is 2.17 bits per heavy atom. The van der Waals surface area contributed by atoms with E-state index in [2.05, 4.69) is 15.1 Å². The maximum absolute atomic E-state index is 11.1. The molecule has 0 aliphatic heterocycles. The summed E-state index contributed by atoms with van der Waals surface area (Å²) in [6.07, 6.45) is 3.72. The van der Waals surface area contributed by atoms with Gasteiger partial charge in [0.15, 0.2) is 12.1 Å². The molecule has 0 amide bonds. The fraction of sp³-hybridized carbons (Fsp3) is 0.0769. The lowest BCUT2D eigenvalue weighted by Crippen LogP contribution is -2.03. The van der Waals surface area contributed by atoms with Gasteiger partial charge in [0.05, 0.1) is 11.1 Å². The number of carbonyl (C=O) groups excluding carboxylic acids is 1. The van der Waals surface area contributed by atoms with E-state index in [0.29, 0.717) is 11.4 Å². The minimum Gasteiger partial charge on any atom is -0.298 e. The molecular weight excluding hydrogens is 228 g/mol. The molecule has 5 nitrogen and oxygen atoms in total. The van der Waals surface area contributed by atoms with Gasteiger partial charge in [-0.05, 0) is 25.1 Å². The number of hydrogen-bond donors (Lipinski definition) is 0. The normalized spacial score (nSPS) is 10.7. The van der Waals surface area contributed by atoms with Crippen LogP contribution in [-0.4, -0.2) is 26.0 Å². The van der Waals surface area contributed by atoms with Crippen LogP contribution in [0.4, 0.5) is 0 Å². The molecule has 0 saturated carbocycles. The third kappa shape index (κ3) is 1.66. The Morgan fingerprint density at radius 1 is 1.28 bits per heavy atom. The number of nitrogens with zero attached hydrogens (tertiary/aromatic N) is 4. The van der Waals surface area contributed by atoms with Gasteiger partial charge in [-0.2, -0.15) is 5.10 Å². The minimum absolute atomic E-state index is 0.499. The molecule has 0 N–H and O–H groups in total. The Morgan fingerprint density at radius 3 is 2.89 bits per heavy atom. The van der Waals surface area contributed by atoms with Gasteiger partial charge in [-0.25, -0.2) is 14.6 Å². The largest absolute Gasteiger partial charge is 0.298 e. The molecule has 0 spiro atoms. The third-order valence-electron chi connectivity index (χ3n) is 2.74. The number of rotatable bonds is 2. The number of aryl methyl sites for hydroxylation is 1. The van der Waals surface area contributed by atoms with Crippen LogP contribution >= 0.6 is 0 Å². The third-order valence-corrected chi connectivity index (χ3v) is 2.74. The Labute approximate surface area is 103 Å². The predicted octanol–water partition coefficient (Wildman–Crippen LogP) is 1.94. The molecule has 0 unspecified atom stereocenters. The van der Waals surface area contributed by atoms with Crippen LogP contribution in [0.15, 0.2) is 36.9 Å². The number of carbonyl (C=O) groups is 1. The Balaban J connectivity index is 2.32. The zero-order valence-corrected chi connectivity index (χ0v) is 9.74. The van der Waals surface area contributed by atoms with Crippen LogP contribution in [0.3, 0.4) is 0 Å². The average Bonchev–Trinajstić information content (AvgIpc) is 2.90. The summed E-state index contributed by atoms with van der Waals surface area (Å²) in [5.41, 5.74) is 2.46. The summed E-state index contributed by atoms with van der Waals surface area (Å²) in [6, 6.07) is 7.74. The van der Waals surface area contributed by atoms with Crippen LogP contribution in [-0.2, 0) is 0 Å². The molecule has 0 atom stereocenters. The molecule has 0 saturated heterocycles. The van der Waals surface area contributed by atoms with Crippen molar-refractivity contribution in [2.75, 3.05) is 0 Å². The summed E-state index contributed by atoms with van der Waals surface area (Å²) < 4.78 is 1.49. The number of fused-ring (bicyclic) bond motifs is 1. The number of pyridine rings is 1. The average molecular weight is 238 g/mol. The maximum atomic E-state index is 11.1. The van der Waals surface area contributed by atoms with Crippen molar-refractivity contribution in [1.82, 2.24) is 19.7 Å². The second kappa shape index (κ2) is 4.03. The Kier molecular flexibility index (Phi) is 2.37. The number of benzene rings is 1. The summed E-state index contributed by atoms with van der Waals surface area (Å²) in [4.78, 5) is 19.5. The van der Waals surface area contributed by atoms with Gasteiger partial charge in [-0.3, -0.25) is 4.79 Å². The van der Waals surface area contributed by atoms with Crippen LogP contribution in [0.1, 0.15) is 15.9 Å². The zero-order valence-electron chi connectivity index (χ0n) is 9.74. The van der Waals surface area contributed by atoms with Gasteiger partial charge in [-0.15, -0.1) is 0 Å². The topological polar surface area (TPSA) is 60.7 Å². The van der Waals surface area contributed by atoms with E-state index in [4.69, 9.17) is 0 Å². The number of aldehydes is 1. The highest BCUT2D eigenvalue weighted by molar-refractivity contribution is 5.89. The number of aromatic nitrogens is 4. The van der Waals surface area contributed by atoms with Gasteiger partial charge in [0.25, 0.3) is 0 Å². The van der Waals surface area contributed by atoms with Crippen molar-refractivity contribution in [1.29, 1.82) is 0 Å². The highest BCUT2D eigenvalue weighted by Gasteiger charge is 2.09. The van der Waals surface area contributed by atoms with Crippen molar-refractivity contribution >= 4 is 17.2 Å². The second-order valence-electron chi connectivity index (χ2n) is 4.06. The molecule has 3 rings (SSSR count). The summed E-state index contributed by atoms with van der Waals surface area (Å²) in [5, 5.41) is 4.95. The van der Waals surface area contributed by atoms with Gasteiger partial charge in [-0.1, -0.05) is 11.6 Å². The monoisotopic (exact) mass is 238 g/mol. The Hall–Kier alpha value is -2.56. The van der Waals surface area contributed by atoms with Crippen molar-refractivity contribution in [3.63, 3.8) is 0 Å². The van der Waals surface area contributed by atoms with Crippen LogP contribution in [0.5, 0.6) is 0 Å². The van der Waals surface area contributed by atoms with Crippen LogP contribution in [0.2, 0.25) is 0 Å². The predicted molar refractivity (Wildman–Crippen MR) is 66.8 cm³/mol. The molecule has 2 aromatic heterocycles. The highest BCUT2D eigenvalue weighted by Crippen LogP contribution is 2.19. The first-order valence-corrected chi connectivity index (χ1v) is 5.49. The molecule has 0 bridgehead atoms. The van der Waals surface area contributed by atoms with Gasteiger partial charge in [0.2, 0.25) is 0 Å². The quantitative estimate of drug-likeness (QED) is 0.640. The SMILES string of the molecule is Cc1ccc2nc(-n3cncn3)c(C=O)cc2c1. The summed E-state index contributed by atoms with van der Waals surface area (Å²) in [7, 11) is 0. The van der Waals surface area contributed by atoms with Gasteiger partial charge in [0.1, 0.15) is 12.7 Å². The van der Waals surface area contributed by atoms with E-state index in [1.54, 1.807) is 0 Å². The molecule has 1 aromatic carbocycles. The van der Waals surface area contributed by atoms with Gasteiger partial charge in [0, 0.05) is 5.39 Å². The highest BCUT2D eigenvalue weighted by atomic mass is 16.1. The molecule has 2 heterocycles. The van der Waals surface area contributed by atoms with Gasteiger partial charge < -0.3 is 0 Å². The lowest BCUT2D eigenvalue weighted by Gasteiger charge is -2.06. The molecule has 5 heteroatoms. The van der Waals surface area contributed by atoms with E-state index < -0.39 is 0 Å². The smallest absolute Gasteiger partial charge is 0.166 e. The molecule has 88 valence electrons. The van der Waals surface area contributed by atoms with E-state index >= 15 is 0 Å². The van der Waals surface area contributed by atoms with E-state index in [0.717, 1.165) is 22.8 Å². The lowest BCUT2D eigenvalue weighted by atomic mass is 10.1. The van der Waals surface area contributed by atoms with Crippen LogP contribution in [0, 0.1) is 6.92 Å². The van der Waals surface area contributed by atoms with Crippen molar-refractivity contribution < 1.29 is 4.79 Å². The maximum Gasteiger partial charge on any atom is 0.166 e. The van der Waals surface area contributed by atoms with Crippen LogP contribution in [0.25, 0.3) is 16.7 Å². The second-order valence-corrected chi connectivity index (χ2v) is 4.06. The van der Waals surface area contributed by atoms with Crippen molar-refractivity contribution in [3.05, 3.63) is 48.0 Å². The lowest BCUT2D eigenvalue weighted by molar-refractivity contribution is 0.112. The van der Waals surface area contributed by atoms with Crippen molar-refractivity contribution in [2.24, 2.45) is 0 Å². The first-order valence-electron chi connectivity index (χ1n) is 5.49.